The van der Waals surface area contributed by atoms with E-state index in [-0.39, 0.29) is 6.61 Å². The highest BCUT2D eigenvalue weighted by molar-refractivity contribution is 5.51. The third kappa shape index (κ3) is 4.11. The Morgan fingerprint density at radius 3 is 2.62 bits per heavy atom. The molecule has 3 heteroatoms. The molecule has 104 valence electrons. The van der Waals surface area contributed by atoms with Crippen LogP contribution >= 0.6 is 0 Å². The van der Waals surface area contributed by atoms with Crippen molar-refractivity contribution in [1.82, 2.24) is 0 Å². The number of anilines is 1. The van der Waals surface area contributed by atoms with Crippen LogP contribution in [0.4, 0.5) is 5.69 Å². The van der Waals surface area contributed by atoms with Gasteiger partial charge in [-0.2, -0.15) is 5.26 Å². The Morgan fingerprint density at radius 1 is 1.10 bits per heavy atom. The molecule has 0 bridgehead atoms. The Morgan fingerprint density at radius 2 is 1.86 bits per heavy atom. The van der Waals surface area contributed by atoms with Crippen LogP contribution < -0.4 is 4.90 Å². The highest BCUT2D eigenvalue weighted by Crippen LogP contribution is 2.17. The zero-order chi connectivity index (χ0) is 15.1. The topological polar surface area (TPSA) is 47.3 Å². The first-order valence-corrected chi connectivity index (χ1v) is 6.63. The second-order valence-corrected chi connectivity index (χ2v) is 4.68. The minimum absolute atomic E-state index is 0.134. The molecule has 0 aliphatic carbocycles. The van der Waals surface area contributed by atoms with E-state index in [1.54, 1.807) is 6.07 Å². The second kappa shape index (κ2) is 7.14. The third-order valence-corrected chi connectivity index (χ3v) is 3.07. The quantitative estimate of drug-likeness (QED) is 0.876. The summed E-state index contributed by atoms with van der Waals surface area (Å²) >= 11 is 0. The molecule has 0 saturated heterocycles. The van der Waals surface area contributed by atoms with Gasteiger partial charge < -0.3 is 10.0 Å². The van der Waals surface area contributed by atoms with Crippen molar-refractivity contribution in [2.24, 2.45) is 0 Å². The zero-order valence-electron chi connectivity index (χ0n) is 11.9. The van der Waals surface area contributed by atoms with Crippen LogP contribution in [0.1, 0.15) is 16.7 Å². The lowest BCUT2D eigenvalue weighted by Gasteiger charge is -2.19. The van der Waals surface area contributed by atoms with Crippen LogP contribution in [0, 0.1) is 23.2 Å². The van der Waals surface area contributed by atoms with Crippen molar-refractivity contribution in [2.75, 3.05) is 18.6 Å². The van der Waals surface area contributed by atoms with Gasteiger partial charge in [-0.05, 0) is 35.9 Å². The van der Waals surface area contributed by atoms with Gasteiger partial charge in [0.2, 0.25) is 0 Å². The number of hydrogen-bond donors (Lipinski definition) is 1. The van der Waals surface area contributed by atoms with Gasteiger partial charge in [-0.25, -0.2) is 0 Å². The highest BCUT2D eigenvalue weighted by atomic mass is 16.2. The van der Waals surface area contributed by atoms with Crippen molar-refractivity contribution in [3.63, 3.8) is 0 Å². The Labute approximate surface area is 125 Å². The number of nitriles is 1. The molecule has 0 saturated carbocycles. The summed E-state index contributed by atoms with van der Waals surface area (Å²) in [6.07, 6.45) is 0. The Balaban J connectivity index is 2.15. The van der Waals surface area contributed by atoms with E-state index in [0.29, 0.717) is 5.56 Å². The average Bonchev–Trinajstić information content (AvgIpc) is 2.53. The van der Waals surface area contributed by atoms with E-state index in [2.05, 4.69) is 22.8 Å². The summed E-state index contributed by atoms with van der Waals surface area (Å²) < 4.78 is 0. The molecule has 0 aliphatic rings. The number of benzene rings is 2. The van der Waals surface area contributed by atoms with Crippen LogP contribution in [0.5, 0.6) is 0 Å². The van der Waals surface area contributed by atoms with Gasteiger partial charge in [0, 0.05) is 24.8 Å². The Hall–Kier alpha value is -2.75. The van der Waals surface area contributed by atoms with Gasteiger partial charge in [0.25, 0.3) is 0 Å². The van der Waals surface area contributed by atoms with Gasteiger partial charge in [-0.3, -0.25) is 0 Å². The molecule has 1 N–H and O–H groups in total. The second-order valence-electron chi connectivity index (χ2n) is 4.68. The van der Waals surface area contributed by atoms with Gasteiger partial charge in [0.05, 0.1) is 11.6 Å². The predicted molar refractivity (Wildman–Crippen MR) is 83.7 cm³/mol. The molecular formula is C18H16N2O. The van der Waals surface area contributed by atoms with Gasteiger partial charge in [-0.15, -0.1) is 0 Å². The van der Waals surface area contributed by atoms with E-state index in [4.69, 9.17) is 10.4 Å². The number of nitrogens with zero attached hydrogens (tertiary/aromatic N) is 2. The number of hydrogen-bond acceptors (Lipinski definition) is 3. The molecule has 2 aromatic carbocycles. The maximum absolute atomic E-state index is 8.95. The highest BCUT2D eigenvalue weighted by Gasteiger charge is 2.03. The maximum atomic E-state index is 8.95. The molecule has 0 atom stereocenters. The van der Waals surface area contributed by atoms with Crippen LogP contribution in [-0.2, 0) is 6.54 Å². The van der Waals surface area contributed by atoms with Crippen molar-refractivity contribution in [3.8, 4) is 17.9 Å². The van der Waals surface area contributed by atoms with Crippen molar-refractivity contribution >= 4 is 5.69 Å². The molecule has 2 rings (SSSR count). The first kappa shape index (κ1) is 14.7. The minimum atomic E-state index is -0.134. The van der Waals surface area contributed by atoms with Crippen LogP contribution in [0.15, 0.2) is 48.5 Å². The Bertz CT molecular complexity index is 720. The smallest absolute Gasteiger partial charge is 0.104 e. The fourth-order valence-corrected chi connectivity index (χ4v) is 2.07. The van der Waals surface area contributed by atoms with Crippen molar-refractivity contribution in [3.05, 3.63) is 65.2 Å². The SMILES string of the molecule is CN(Cc1cccc(C#CCO)c1)c1cccc(C#N)c1. The van der Waals surface area contributed by atoms with Crippen LogP contribution in [-0.4, -0.2) is 18.8 Å². The first-order valence-electron chi connectivity index (χ1n) is 6.63. The molecular weight excluding hydrogens is 260 g/mol. The van der Waals surface area contributed by atoms with Gasteiger partial charge >= 0.3 is 0 Å². The van der Waals surface area contributed by atoms with E-state index >= 15 is 0 Å². The van der Waals surface area contributed by atoms with Crippen molar-refractivity contribution in [2.45, 2.75) is 6.54 Å². The normalized spacial score (nSPS) is 9.38. The molecule has 0 spiro atoms. The maximum Gasteiger partial charge on any atom is 0.104 e. The molecule has 0 amide bonds. The molecule has 0 radical (unpaired) electrons. The predicted octanol–water partition coefficient (Wildman–Crippen LogP) is 2.54. The number of rotatable bonds is 3. The summed E-state index contributed by atoms with van der Waals surface area (Å²) in [6.45, 7) is 0.592. The van der Waals surface area contributed by atoms with E-state index in [9.17, 15) is 0 Å². The lowest BCUT2D eigenvalue weighted by molar-refractivity contribution is 0.350. The van der Waals surface area contributed by atoms with Gasteiger partial charge in [0.15, 0.2) is 0 Å². The van der Waals surface area contributed by atoms with Crippen LogP contribution in [0.2, 0.25) is 0 Å². The Kier molecular flexibility index (Phi) is 4.99. The average molecular weight is 276 g/mol. The number of aliphatic hydroxyl groups is 1. The molecule has 21 heavy (non-hydrogen) atoms. The van der Waals surface area contributed by atoms with Crippen molar-refractivity contribution in [1.29, 1.82) is 5.26 Å². The largest absolute Gasteiger partial charge is 0.384 e. The molecule has 0 fully saturated rings. The summed E-state index contributed by atoms with van der Waals surface area (Å²) in [5, 5.41) is 17.7. The molecule has 2 aromatic rings. The fraction of sp³-hybridized carbons (Fsp3) is 0.167. The van der Waals surface area contributed by atoms with Crippen LogP contribution in [0.3, 0.4) is 0 Å². The zero-order valence-corrected chi connectivity index (χ0v) is 11.9. The van der Waals surface area contributed by atoms with E-state index in [1.807, 2.05) is 49.5 Å². The molecule has 0 unspecified atom stereocenters. The number of aliphatic hydroxyl groups excluding tert-OH is 1. The standard InChI is InChI=1S/C18H16N2O/c1-20(18-9-3-6-16(12-18)13-19)14-17-7-2-5-15(11-17)8-4-10-21/h2-3,5-7,9,11-12,21H,10,14H2,1H3. The summed E-state index contributed by atoms with van der Waals surface area (Å²) in [4.78, 5) is 2.08. The summed E-state index contributed by atoms with van der Waals surface area (Å²) in [6, 6.07) is 17.6. The van der Waals surface area contributed by atoms with Crippen molar-refractivity contribution < 1.29 is 5.11 Å². The van der Waals surface area contributed by atoms with E-state index in [0.717, 1.165) is 23.4 Å². The molecule has 0 aliphatic heterocycles. The lowest BCUT2D eigenvalue weighted by Crippen LogP contribution is -2.16. The van der Waals surface area contributed by atoms with Gasteiger partial charge in [0.1, 0.15) is 6.61 Å². The molecule has 3 nitrogen and oxygen atoms in total. The minimum Gasteiger partial charge on any atom is -0.384 e. The monoisotopic (exact) mass is 276 g/mol. The molecule has 0 heterocycles. The summed E-state index contributed by atoms with van der Waals surface area (Å²) in [5.74, 6) is 5.55. The fourth-order valence-electron chi connectivity index (χ4n) is 2.07. The summed E-state index contributed by atoms with van der Waals surface area (Å²) in [5.41, 5.74) is 3.67. The first-order chi connectivity index (χ1) is 10.2. The van der Waals surface area contributed by atoms with Crippen LogP contribution in [0.25, 0.3) is 0 Å². The van der Waals surface area contributed by atoms with Gasteiger partial charge in [-0.1, -0.05) is 30.0 Å². The van der Waals surface area contributed by atoms with E-state index in [1.165, 1.54) is 0 Å². The van der Waals surface area contributed by atoms with E-state index < -0.39 is 0 Å². The molecule has 0 aromatic heterocycles. The summed E-state index contributed by atoms with van der Waals surface area (Å²) in [7, 11) is 1.99. The third-order valence-electron chi connectivity index (χ3n) is 3.07. The lowest BCUT2D eigenvalue weighted by atomic mass is 10.1.